The zero-order chi connectivity index (χ0) is 12.9. The predicted molar refractivity (Wildman–Crippen MR) is 70.4 cm³/mol. The Kier molecular flexibility index (Phi) is 5.85. The number of hydrogen-bond acceptors (Lipinski definition) is 4. The predicted octanol–water partition coefficient (Wildman–Crippen LogP) is 0.0811. The lowest BCUT2D eigenvalue weighted by molar-refractivity contribution is 0.187. The van der Waals surface area contributed by atoms with Crippen molar-refractivity contribution >= 4 is 10.0 Å². The van der Waals surface area contributed by atoms with E-state index in [0.717, 1.165) is 26.1 Å². The fourth-order valence-corrected chi connectivity index (χ4v) is 3.99. The van der Waals surface area contributed by atoms with Gasteiger partial charge in [0, 0.05) is 32.7 Å². The molecular formula is C11H25N3O2S. The summed E-state index contributed by atoms with van der Waals surface area (Å²) in [5.41, 5.74) is 5.53. The van der Waals surface area contributed by atoms with Gasteiger partial charge in [-0.05, 0) is 19.4 Å². The molecule has 0 aromatic carbocycles. The van der Waals surface area contributed by atoms with Crippen molar-refractivity contribution in [3.05, 3.63) is 0 Å². The Morgan fingerprint density at radius 1 is 1.18 bits per heavy atom. The van der Waals surface area contributed by atoms with Crippen molar-refractivity contribution in [2.45, 2.75) is 31.9 Å². The van der Waals surface area contributed by atoms with E-state index in [1.54, 1.807) is 4.31 Å². The average Bonchev–Trinajstić information content (AvgIpc) is 2.31. The van der Waals surface area contributed by atoms with Crippen LogP contribution in [0.1, 0.15) is 26.7 Å². The molecule has 0 spiro atoms. The standard InChI is InChI=1S/C11H25N3O2S/c1-3-5-13-6-8-14(9-7-13)17(15,16)11(4-2)10-12/h11H,3-10,12H2,1-2H3. The van der Waals surface area contributed by atoms with Crippen LogP contribution in [-0.4, -0.2) is 62.1 Å². The van der Waals surface area contributed by atoms with Crippen LogP contribution >= 0.6 is 0 Å². The number of hydrogen-bond donors (Lipinski definition) is 1. The van der Waals surface area contributed by atoms with E-state index in [2.05, 4.69) is 11.8 Å². The third-order valence-electron chi connectivity index (χ3n) is 3.37. The number of sulfonamides is 1. The van der Waals surface area contributed by atoms with Crippen molar-refractivity contribution in [2.24, 2.45) is 5.73 Å². The maximum Gasteiger partial charge on any atom is 0.218 e. The van der Waals surface area contributed by atoms with E-state index in [-0.39, 0.29) is 6.54 Å². The molecule has 0 amide bonds. The molecule has 6 heteroatoms. The molecule has 0 radical (unpaired) electrons. The summed E-state index contributed by atoms with van der Waals surface area (Å²) in [7, 11) is -3.18. The van der Waals surface area contributed by atoms with Crippen molar-refractivity contribution in [1.82, 2.24) is 9.21 Å². The Bertz CT molecular complexity index is 307. The van der Waals surface area contributed by atoms with E-state index >= 15 is 0 Å². The number of nitrogens with zero attached hydrogens (tertiary/aromatic N) is 2. The van der Waals surface area contributed by atoms with Crippen LogP contribution in [0.15, 0.2) is 0 Å². The van der Waals surface area contributed by atoms with E-state index in [9.17, 15) is 8.42 Å². The summed E-state index contributed by atoms with van der Waals surface area (Å²) < 4.78 is 26.1. The van der Waals surface area contributed by atoms with Crippen LogP contribution in [0.3, 0.4) is 0 Å². The van der Waals surface area contributed by atoms with E-state index in [4.69, 9.17) is 5.73 Å². The molecule has 5 nitrogen and oxygen atoms in total. The van der Waals surface area contributed by atoms with Crippen molar-refractivity contribution in [1.29, 1.82) is 0 Å². The third kappa shape index (κ3) is 3.64. The van der Waals surface area contributed by atoms with Gasteiger partial charge < -0.3 is 10.6 Å². The largest absolute Gasteiger partial charge is 0.329 e. The molecule has 1 aliphatic rings. The molecule has 17 heavy (non-hydrogen) atoms. The second kappa shape index (κ2) is 6.68. The van der Waals surface area contributed by atoms with Gasteiger partial charge in [-0.1, -0.05) is 13.8 Å². The van der Waals surface area contributed by atoms with Crippen LogP contribution in [0.4, 0.5) is 0 Å². The third-order valence-corrected chi connectivity index (χ3v) is 5.82. The van der Waals surface area contributed by atoms with Crippen LogP contribution < -0.4 is 5.73 Å². The van der Waals surface area contributed by atoms with Crippen LogP contribution in [0.5, 0.6) is 0 Å². The zero-order valence-electron chi connectivity index (χ0n) is 10.9. The lowest BCUT2D eigenvalue weighted by atomic mass is 10.3. The molecular weight excluding hydrogens is 238 g/mol. The van der Waals surface area contributed by atoms with Crippen LogP contribution in [-0.2, 0) is 10.0 Å². The summed E-state index contributed by atoms with van der Waals surface area (Å²) in [6.45, 7) is 8.20. The lowest BCUT2D eigenvalue weighted by Gasteiger charge is -2.35. The molecule has 1 saturated heterocycles. The van der Waals surface area contributed by atoms with E-state index in [1.807, 2.05) is 6.92 Å². The fraction of sp³-hybridized carbons (Fsp3) is 1.00. The van der Waals surface area contributed by atoms with Gasteiger partial charge in [0.15, 0.2) is 0 Å². The highest BCUT2D eigenvalue weighted by Gasteiger charge is 2.32. The molecule has 1 unspecified atom stereocenters. The summed E-state index contributed by atoms with van der Waals surface area (Å²) in [6, 6.07) is 0. The van der Waals surface area contributed by atoms with Crippen LogP contribution in [0.2, 0.25) is 0 Å². The Hall–Kier alpha value is -0.170. The molecule has 0 aliphatic carbocycles. The highest BCUT2D eigenvalue weighted by molar-refractivity contribution is 7.89. The molecule has 1 fully saturated rings. The van der Waals surface area contributed by atoms with E-state index in [0.29, 0.717) is 19.5 Å². The molecule has 1 heterocycles. The van der Waals surface area contributed by atoms with Gasteiger partial charge in [0.25, 0.3) is 0 Å². The van der Waals surface area contributed by atoms with Gasteiger partial charge >= 0.3 is 0 Å². The smallest absolute Gasteiger partial charge is 0.218 e. The first-order valence-corrected chi connectivity index (χ1v) is 7.97. The molecule has 1 aliphatic heterocycles. The first-order chi connectivity index (χ1) is 8.06. The summed E-state index contributed by atoms with van der Waals surface area (Å²) in [5.74, 6) is 0. The highest BCUT2D eigenvalue weighted by atomic mass is 32.2. The molecule has 0 saturated carbocycles. The topological polar surface area (TPSA) is 66.6 Å². The zero-order valence-corrected chi connectivity index (χ0v) is 11.7. The minimum Gasteiger partial charge on any atom is -0.329 e. The molecule has 1 rings (SSSR count). The van der Waals surface area contributed by atoms with Gasteiger partial charge in [0.05, 0.1) is 5.25 Å². The van der Waals surface area contributed by atoms with E-state index in [1.165, 1.54) is 0 Å². The quantitative estimate of drug-likeness (QED) is 0.737. The van der Waals surface area contributed by atoms with Gasteiger partial charge in [0.1, 0.15) is 0 Å². The first-order valence-electron chi connectivity index (χ1n) is 6.47. The van der Waals surface area contributed by atoms with Gasteiger partial charge in [-0.25, -0.2) is 8.42 Å². The normalized spacial score (nSPS) is 21.6. The summed E-state index contributed by atoms with van der Waals surface area (Å²) in [4.78, 5) is 2.31. The second-order valence-corrected chi connectivity index (χ2v) is 6.76. The monoisotopic (exact) mass is 263 g/mol. The Labute approximate surface area is 105 Å². The lowest BCUT2D eigenvalue weighted by Crippen LogP contribution is -2.52. The molecule has 0 aromatic rings. The molecule has 0 bridgehead atoms. The van der Waals surface area contributed by atoms with Crippen LogP contribution in [0.25, 0.3) is 0 Å². The van der Waals surface area contributed by atoms with Gasteiger partial charge in [0.2, 0.25) is 10.0 Å². The number of rotatable bonds is 6. The van der Waals surface area contributed by atoms with Gasteiger partial charge in [-0.3, -0.25) is 0 Å². The minimum atomic E-state index is -3.18. The van der Waals surface area contributed by atoms with Crippen molar-refractivity contribution < 1.29 is 8.42 Å². The summed E-state index contributed by atoms with van der Waals surface area (Å²) >= 11 is 0. The van der Waals surface area contributed by atoms with Crippen molar-refractivity contribution in [3.63, 3.8) is 0 Å². The van der Waals surface area contributed by atoms with Gasteiger partial charge in [-0.15, -0.1) is 0 Å². The Balaban J connectivity index is 2.58. The summed E-state index contributed by atoms with van der Waals surface area (Å²) in [5, 5.41) is -0.416. The fourth-order valence-electron chi connectivity index (χ4n) is 2.23. The summed E-state index contributed by atoms with van der Waals surface area (Å²) in [6.07, 6.45) is 1.71. The first kappa shape index (κ1) is 14.9. The second-order valence-electron chi connectivity index (χ2n) is 4.55. The molecule has 0 aromatic heterocycles. The van der Waals surface area contributed by atoms with Crippen molar-refractivity contribution in [2.75, 3.05) is 39.3 Å². The molecule has 102 valence electrons. The molecule has 2 N–H and O–H groups in total. The maximum absolute atomic E-state index is 12.2. The Morgan fingerprint density at radius 2 is 1.76 bits per heavy atom. The SMILES string of the molecule is CCCN1CCN(S(=O)(=O)C(CC)CN)CC1. The highest BCUT2D eigenvalue weighted by Crippen LogP contribution is 2.14. The minimum absolute atomic E-state index is 0.216. The Morgan fingerprint density at radius 3 is 2.18 bits per heavy atom. The van der Waals surface area contributed by atoms with Crippen molar-refractivity contribution in [3.8, 4) is 0 Å². The number of piperazine rings is 1. The average molecular weight is 263 g/mol. The maximum atomic E-state index is 12.2. The van der Waals surface area contributed by atoms with Gasteiger partial charge in [-0.2, -0.15) is 4.31 Å². The van der Waals surface area contributed by atoms with E-state index < -0.39 is 15.3 Å². The van der Waals surface area contributed by atoms with Crippen LogP contribution in [0, 0.1) is 0 Å². The number of nitrogens with two attached hydrogens (primary N) is 1. The molecule has 1 atom stereocenters.